The maximum absolute atomic E-state index is 10.9. The number of nitrogens with one attached hydrogen (secondary N) is 1. The monoisotopic (exact) mass is 247 g/mol. The molecule has 1 radical (unpaired) electrons. The van der Waals surface area contributed by atoms with Crippen molar-refractivity contribution in [3.8, 4) is 6.19 Å². The quantitative estimate of drug-likeness (QED) is 0.279. The van der Waals surface area contributed by atoms with E-state index in [2.05, 4.69) is 12.2 Å². The third kappa shape index (κ3) is 16.0. The molecule has 93 valence electrons. The number of carbonyl (C=O) groups excluding carboxylic acids is 1. The van der Waals surface area contributed by atoms with Crippen LogP contribution in [-0.4, -0.2) is 35.5 Å². The van der Waals surface area contributed by atoms with Crippen LogP contribution in [0.5, 0.6) is 0 Å². The summed E-state index contributed by atoms with van der Waals surface area (Å²) < 4.78 is 0. The molecule has 0 aliphatic rings. The minimum Gasteiger partial charge on any atom is -0.274 e. The van der Waals surface area contributed by atoms with E-state index in [0.29, 0.717) is 6.42 Å². The van der Waals surface area contributed by atoms with Crippen LogP contribution in [0.1, 0.15) is 71.1 Å². The molecule has 0 atom stereocenters. The van der Waals surface area contributed by atoms with E-state index in [-0.39, 0.29) is 35.5 Å². The Morgan fingerprint density at radius 3 is 1.94 bits per heavy atom. The molecule has 0 heterocycles. The van der Waals surface area contributed by atoms with Gasteiger partial charge in [0.1, 0.15) is 0 Å². The fraction of sp³-hybridized carbons (Fsp3) is 0.846. The molecule has 0 aromatic heterocycles. The van der Waals surface area contributed by atoms with E-state index in [0.717, 1.165) is 12.8 Å². The fourth-order valence-corrected chi connectivity index (χ4v) is 1.72. The minimum absolute atomic E-state index is 0. The molecule has 0 rings (SSSR count). The molecule has 3 nitrogen and oxygen atoms in total. The number of rotatable bonds is 10. The molecule has 0 bridgehead atoms. The third-order valence-electron chi connectivity index (χ3n) is 2.70. The van der Waals surface area contributed by atoms with E-state index in [4.69, 9.17) is 5.26 Å². The van der Waals surface area contributed by atoms with Crippen LogP contribution in [0.3, 0.4) is 0 Å². The number of unbranched alkanes of at least 4 members (excludes halogenated alkanes) is 8. The number of nitrogens with zero attached hydrogens (tertiary/aromatic N) is 1. The van der Waals surface area contributed by atoms with Gasteiger partial charge in [-0.1, -0.05) is 58.3 Å². The molecule has 4 heteroatoms. The molecule has 1 amide bonds. The summed E-state index contributed by atoms with van der Waals surface area (Å²) in [4.78, 5) is 10.9. The average Bonchev–Trinajstić information content (AvgIpc) is 2.27. The van der Waals surface area contributed by atoms with E-state index in [1.807, 2.05) is 0 Å². The zero-order valence-corrected chi connectivity index (χ0v) is 13.4. The first-order valence-corrected chi connectivity index (χ1v) is 6.49. The molecule has 0 unspecified atom stereocenters. The SMILES string of the molecule is CCCCCCCCCCCC(=O)NC#N.[Na]. The maximum Gasteiger partial charge on any atom is 0.232 e. The van der Waals surface area contributed by atoms with Crippen molar-refractivity contribution in [2.75, 3.05) is 0 Å². The van der Waals surface area contributed by atoms with Crippen LogP contribution in [-0.2, 0) is 4.79 Å². The van der Waals surface area contributed by atoms with Gasteiger partial charge in [-0.05, 0) is 6.42 Å². The standard InChI is InChI=1S/C13H24N2O.Na/c1-2-3-4-5-6-7-8-9-10-11-13(16)15-12-14;/h2-11H2,1H3,(H,15,16);. The Hall–Kier alpha value is -0.0400. The molecule has 17 heavy (non-hydrogen) atoms. The molecule has 0 aromatic carbocycles. The summed E-state index contributed by atoms with van der Waals surface area (Å²) in [6.07, 6.45) is 13.3. The van der Waals surface area contributed by atoms with E-state index < -0.39 is 0 Å². The molecule has 1 N–H and O–H groups in total. The largest absolute Gasteiger partial charge is 0.274 e. The summed E-state index contributed by atoms with van der Waals surface area (Å²) in [5, 5.41) is 10.3. The molecular formula is C13H24N2NaO. The van der Waals surface area contributed by atoms with Crippen molar-refractivity contribution < 1.29 is 4.79 Å². The first-order chi connectivity index (χ1) is 7.81. The van der Waals surface area contributed by atoms with Gasteiger partial charge in [0.15, 0.2) is 6.19 Å². The van der Waals surface area contributed by atoms with Gasteiger partial charge in [0.25, 0.3) is 0 Å². The van der Waals surface area contributed by atoms with Crippen LogP contribution in [0.15, 0.2) is 0 Å². The van der Waals surface area contributed by atoms with Crippen molar-refractivity contribution in [2.24, 2.45) is 0 Å². The van der Waals surface area contributed by atoms with Crippen LogP contribution in [0.25, 0.3) is 0 Å². The Labute approximate surface area is 128 Å². The second kappa shape index (κ2) is 16.0. The van der Waals surface area contributed by atoms with Crippen molar-refractivity contribution in [2.45, 2.75) is 71.1 Å². The van der Waals surface area contributed by atoms with Crippen molar-refractivity contribution >= 4 is 35.5 Å². The summed E-state index contributed by atoms with van der Waals surface area (Å²) in [5.74, 6) is -0.148. The Kier molecular flexibility index (Phi) is 18.1. The molecule has 0 aliphatic carbocycles. The molecule has 0 aromatic rings. The van der Waals surface area contributed by atoms with E-state index >= 15 is 0 Å². The van der Waals surface area contributed by atoms with Gasteiger partial charge in [-0.2, -0.15) is 5.26 Å². The van der Waals surface area contributed by atoms with Crippen LogP contribution in [0, 0.1) is 11.5 Å². The third-order valence-corrected chi connectivity index (χ3v) is 2.70. The van der Waals surface area contributed by atoms with Gasteiger partial charge in [-0.15, -0.1) is 0 Å². The summed E-state index contributed by atoms with van der Waals surface area (Å²) in [6, 6.07) is 0. The zero-order chi connectivity index (χ0) is 12.1. The van der Waals surface area contributed by atoms with E-state index in [9.17, 15) is 4.79 Å². The molecule has 0 saturated carbocycles. The first kappa shape index (κ1) is 19.3. The summed E-state index contributed by atoms with van der Waals surface area (Å²) >= 11 is 0. The van der Waals surface area contributed by atoms with E-state index in [1.54, 1.807) is 6.19 Å². The number of amides is 1. The summed E-state index contributed by atoms with van der Waals surface area (Å²) in [6.45, 7) is 2.23. The van der Waals surface area contributed by atoms with Gasteiger partial charge < -0.3 is 0 Å². The number of hydrogen-bond acceptors (Lipinski definition) is 2. The summed E-state index contributed by atoms with van der Waals surface area (Å²) in [7, 11) is 0. The number of carbonyl (C=O) groups is 1. The van der Waals surface area contributed by atoms with Gasteiger partial charge in [-0.25, -0.2) is 0 Å². The van der Waals surface area contributed by atoms with Gasteiger partial charge in [0, 0.05) is 36.0 Å². The number of hydrogen-bond donors (Lipinski definition) is 1. The normalized spacial score (nSPS) is 9.18. The Balaban J connectivity index is 0. The van der Waals surface area contributed by atoms with Gasteiger partial charge in [0.2, 0.25) is 5.91 Å². The Morgan fingerprint density at radius 1 is 1.00 bits per heavy atom. The second-order valence-electron chi connectivity index (χ2n) is 4.24. The molecule has 0 aliphatic heterocycles. The van der Waals surface area contributed by atoms with Gasteiger partial charge in [-0.3, -0.25) is 10.1 Å². The topological polar surface area (TPSA) is 52.9 Å². The predicted molar refractivity (Wildman–Crippen MR) is 71.4 cm³/mol. The van der Waals surface area contributed by atoms with E-state index in [1.165, 1.54) is 44.9 Å². The van der Waals surface area contributed by atoms with Gasteiger partial charge in [0.05, 0.1) is 0 Å². The zero-order valence-electron chi connectivity index (χ0n) is 11.4. The number of nitriles is 1. The Bertz CT molecular complexity index is 214. The fourth-order valence-electron chi connectivity index (χ4n) is 1.72. The average molecular weight is 247 g/mol. The smallest absolute Gasteiger partial charge is 0.232 e. The van der Waals surface area contributed by atoms with Gasteiger partial charge >= 0.3 is 0 Å². The second-order valence-corrected chi connectivity index (χ2v) is 4.24. The van der Waals surface area contributed by atoms with Crippen LogP contribution in [0.2, 0.25) is 0 Å². The molecular weight excluding hydrogens is 223 g/mol. The molecule has 0 spiro atoms. The van der Waals surface area contributed by atoms with Crippen molar-refractivity contribution in [1.29, 1.82) is 5.26 Å². The Morgan fingerprint density at radius 2 is 1.47 bits per heavy atom. The van der Waals surface area contributed by atoms with Crippen molar-refractivity contribution in [1.82, 2.24) is 5.32 Å². The maximum atomic E-state index is 10.9. The summed E-state index contributed by atoms with van der Waals surface area (Å²) in [5.41, 5.74) is 0. The van der Waals surface area contributed by atoms with Crippen LogP contribution in [0.4, 0.5) is 0 Å². The minimum atomic E-state index is -0.148. The van der Waals surface area contributed by atoms with Crippen LogP contribution >= 0.6 is 0 Å². The van der Waals surface area contributed by atoms with Crippen molar-refractivity contribution in [3.63, 3.8) is 0 Å². The first-order valence-electron chi connectivity index (χ1n) is 6.49. The molecule has 0 fully saturated rings. The van der Waals surface area contributed by atoms with Crippen LogP contribution < -0.4 is 5.32 Å². The molecule has 0 saturated heterocycles. The van der Waals surface area contributed by atoms with Crippen molar-refractivity contribution in [3.05, 3.63) is 0 Å². The predicted octanol–water partition coefficient (Wildman–Crippen LogP) is 3.12.